The summed E-state index contributed by atoms with van der Waals surface area (Å²) in [7, 11) is -3.77. The lowest BCUT2D eigenvalue weighted by atomic mass is 9.98. The molecule has 2 rings (SSSR count). The van der Waals surface area contributed by atoms with Crippen molar-refractivity contribution in [2.45, 2.75) is 38.3 Å². The second kappa shape index (κ2) is 17.8. The first-order valence-corrected chi connectivity index (χ1v) is 14.8. The first-order valence-electron chi connectivity index (χ1n) is 12.9. The Bertz CT molecular complexity index is 1450. The maximum absolute atomic E-state index is 13.2. The van der Waals surface area contributed by atoms with Crippen LogP contribution in [0.15, 0.2) is 48.5 Å². The number of carbonyl (C=O) groups is 4. The molecule has 0 spiro atoms. The number of hydrogen-bond acceptors (Lipinski definition) is 10. The number of anilines is 1. The van der Waals surface area contributed by atoms with Crippen molar-refractivity contribution in [2.75, 3.05) is 25.1 Å². The lowest BCUT2D eigenvalue weighted by molar-refractivity contribution is -0.384. The number of benzene rings is 2. The van der Waals surface area contributed by atoms with Gasteiger partial charge in [-0.05, 0) is 30.9 Å². The van der Waals surface area contributed by atoms with Gasteiger partial charge in [0.05, 0.1) is 23.8 Å². The number of aliphatic carboxylic acids is 1. The molecular weight excluding hydrogens is 600 g/mol. The average molecular weight is 637 g/mol. The van der Waals surface area contributed by atoms with Gasteiger partial charge in [0.1, 0.15) is 6.04 Å². The first-order chi connectivity index (χ1) is 20.5. The SMILES string of the molecule is CC(=O)O.CS(=O)(=O)N[C@H](Cc1ccccc1)C(=O)NCC(=O)NC(CCCNC(=N)N)C(=O)c1cc([N+](=O)[O-])ccc1N. The number of amides is 2. The molecule has 0 aliphatic rings. The van der Waals surface area contributed by atoms with Crippen molar-refractivity contribution in [1.82, 2.24) is 20.7 Å². The summed E-state index contributed by atoms with van der Waals surface area (Å²) < 4.78 is 25.9. The summed E-state index contributed by atoms with van der Waals surface area (Å²) in [6.07, 6.45) is 1.25. The number of non-ortho nitro benzene ring substituents is 1. The minimum Gasteiger partial charge on any atom is -0.481 e. The van der Waals surface area contributed by atoms with E-state index in [2.05, 4.69) is 20.7 Å². The number of ketones is 1. The minimum absolute atomic E-state index is 0.0255. The van der Waals surface area contributed by atoms with Crippen LogP contribution in [-0.4, -0.2) is 79.4 Å². The van der Waals surface area contributed by atoms with Crippen LogP contribution in [0.5, 0.6) is 0 Å². The molecular formula is C26H36N8O9S. The number of nitrogen functional groups attached to an aromatic ring is 1. The smallest absolute Gasteiger partial charge is 0.300 e. The molecule has 2 aromatic rings. The van der Waals surface area contributed by atoms with Crippen molar-refractivity contribution in [2.24, 2.45) is 5.73 Å². The fourth-order valence-corrected chi connectivity index (χ4v) is 4.40. The number of carboxylic acids is 1. The zero-order chi connectivity index (χ0) is 33.4. The fourth-order valence-electron chi connectivity index (χ4n) is 3.69. The van der Waals surface area contributed by atoms with Gasteiger partial charge in [0, 0.05) is 36.9 Å². The van der Waals surface area contributed by atoms with Crippen LogP contribution in [0.25, 0.3) is 0 Å². The van der Waals surface area contributed by atoms with Gasteiger partial charge in [-0.3, -0.25) is 34.7 Å². The highest BCUT2D eigenvalue weighted by Gasteiger charge is 2.27. The second-order valence-electron chi connectivity index (χ2n) is 9.36. The Morgan fingerprint density at radius 2 is 1.68 bits per heavy atom. The van der Waals surface area contributed by atoms with E-state index in [1.807, 2.05) is 0 Å². The van der Waals surface area contributed by atoms with Gasteiger partial charge in [-0.15, -0.1) is 0 Å². The topological polar surface area (TPSA) is 290 Å². The quantitative estimate of drug-likeness (QED) is 0.0233. The normalized spacial score (nSPS) is 12.0. The number of carbonyl (C=O) groups excluding carboxylic acids is 3. The van der Waals surface area contributed by atoms with Crippen molar-refractivity contribution < 1.29 is 37.6 Å². The van der Waals surface area contributed by atoms with E-state index in [0.29, 0.717) is 5.56 Å². The number of nitrogens with two attached hydrogens (primary N) is 2. The molecule has 10 N–H and O–H groups in total. The number of hydrogen-bond donors (Lipinski definition) is 8. The molecule has 17 nitrogen and oxygen atoms in total. The van der Waals surface area contributed by atoms with E-state index in [-0.39, 0.29) is 48.7 Å². The molecule has 240 valence electrons. The molecule has 2 amide bonds. The minimum atomic E-state index is -3.77. The molecule has 0 aliphatic carbocycles. The third kappa shape index (κ3) is 14.7. The molecule has 0 heterocycles. The number of nitro benzene ring substituents is 1. The Labute approximate surface area is 253 Å². The fraction of sp³-hybridized carbons (Fsp3) is 0.346. The second-order valence-corrected chi connectivity index (χ2v) is 11.1. The van der Waals surface area contributed by atoms with Crippen molar-refractivity contribution in [1.29, 1.82) is 5.41 Å². The number of nitrogens with one attached hydrogen (secondary N) is 5. The molecule has 0 saturated heterocycles. The lowest BCUT2D eigenvalue weighted by Gasteiger charge is -2.20. The van der Waals surface area contributed by atoms with Gasteiger partial charge in [0.2, 0.25) is 21.8 Å². The predicted octanol–water partition coefficient (Wildman–Crippen LogP) is -0.525. The molecule has 1 unspecified atom stereocenters. The van der Waals surface area contributed by atoms with Gasteiger partial charge >= 0.3 is 0 Å². The predicted molar refractivity (Wildman–Crippen MR) is 161 cm³/mol. The molecule has 0 fully saturated rings. The Morgan fingerprint density at radius 1 is 1.07 bits per heavy atom. The highest BCUT2D eigenvalue weighted by Crippen LogP contribution is 2.22. The number of sulfonamides is 1. The van der Waals surface area contributed by atoms with Gasteiger partial charge in [0.25, 0.3) is 11.7 Å². The van der Waals surface area contributed by atoms with Crippen LogP contribution in [-0.2, 0) is 30.8 Å². The number of rotatable bonds is 15. The third-order valence-electron chi connectivity index (χ3n) is 5.53. The maximum Gasteiger partial charge on any atom is 0.300 e. The van der Waals surface area contributed by atoms with E-state index in [1.165, 1.54) is 6.07 Å². The highest BCUT2D eigenvalue weighted by molar-refractivity contribution is 7.88. The number of guanidine groups is 1. The molecule has 0 aromatic heterocycles. The largest absolute Gasteiger partial charge is 0.481 e. The molecule has 44 heavy (non-hydrogen) atoms. The summed E-state index contributed by atoms with van der Waals surface area (Å²) in [5, 5.41) is 33.2. The summed E-state index contributed by atoms with van der Waals surface area (Å²) in [5.74, 6) is -3.34. The monoisotopic (exact) mass is 636 g/mol. The van der Waals surface area contributed by atoms with E-state index in [1.54, 1.807) is 30.3 Å². The molecule has 2 atom stereocenters. The Morgan fingerprint density at radius 3 is 2.23 bits per heavy atom. The van der Waals surface area contributed by atoms with Gasteiger partial charge < -0.3 is 32.5 Å². The van der Waals surface area contributed by atoms with Gasteiger partial charge in [-0.2, -0.15) is 0 Å². The van der Waals surface area contributed by atoms with E-state index in [9.17, 15) is 32.9 Å². The Balaban J connectivity index is 0.00000227. The van der Waals surface area contributed by atoms with Crippen molar-refractivity contribution in [3.63, 3.8) is 0 Å². The highest BCUT2D eigenvalue weighted by atomic mass is 32.2. The molecule has 0 aliphatic heterocycles. The number of Topliss-reactive ketones (excluding diaryl/α,β-unsaturated/α-hetero) is 1. The standard InChI is InChI=1S/C24H32N8O7S.C2H4O2/c1-40(38,39)31-20(12-15-6-3-2-4-7-15)23(35)29-14-21(33)30-19(8-5-11-28-24(26)27)22(34)17-13-16(32(36)37)9-10-18(17)25;1-2(3)4/h2-4,6-7,9-10,13,19-20,31H,5,8,11-12,14,25H2,1H3,(H,29,35)(H,30,33)(H4,26,27,28);1H3,(H,3,4)/t19?,20-;/m1./s1. The molecule has 18 heteroatoms. The molecule has 0 bridgehead atoms. The number of nitrogens with zero attached hydrogens (tertiary/aromatic N) is 1. The summed E-state index contributed by atoms with van der Waals surface area (Å²) >= 11 is 0. The van der Waals surface area contributed by atoms with Crippen LogP contribution in [0.4, 0.5) is 11.4 Å². The summed E-state index contributed by atoms with van der Waals surface area (Å²) in [6.45, 7) is 0.698. The summed E-state index contributed by atoms with van der Waals surface area (Å²) in [5.41, 5.74) is 11.3. The summed E-state index contributed by atoms with van der Waals surface area (Å²) in [4.78, 5) is 58.3. The van der Waals surface area contributed by atoms with Gasteiger partial charge in [-0.1, -0.05) is 30.3 Å². The number of nitro groups is 1. The Hall–Kier alpha value is -5.10. The number of carboxylic acid groups (broad SMARTS) is 1. The van der Waals surface area contributed by atoms with E-state index in [4.69, 9.17) is 26.8 Å². The Kier molecular flexibility index (Phi) is 14.9. The van der Waals surface area contributed by atoms with Crippen LogP contribution in [0, 0.1) is 15.5 Å². The zero-order valence-corrected chi connectivity index (χ0v) is 24.8. The summed E-state index contributed by atoms with van der Waals surface area (Å²) in [6, 6.07) is 9.64. The van der Waals surface area contributed by atoms with Gasteiger partial charge in [-0.25, -0.2) is 13.1 Å². The van der Waals surface area contributed by atoms with Crippen LogP contribution in [0.1, 0.15) is 35.7 Å². The van der Waals surface area contributed by atoms with Crippen molar-refractivity contribution in [3.05, 3.63) is 69.8 Å². The van der Waals surface area contributed by atoms with Crippen LogP contribution >= 0.6 is 0 Å². The van der Waals surface area contributed by atoms with Crippen LogP contribution < -0.4 is 32.1 Å². The van der Waals surface area contributed by atoms with E-state index < -0.39 is 57.1 Å². The van der Waals surface area contributed by atoms with E-state index >= 15 is 0 Å². The third-order valence-corrected chi connectivity index (χ3v) is 6.24. The zero-order valence-electron chi connectivity index (χ0n) is 24.0. The van der Waals surface area contributed by atoms with Crippen molar-refractivity contribution in [3.8, 4) is 0 Å². The molecule has 0 radical (unpaired) electrons. The van der Waals surface area contributed by atoms with E-state index in [0.717, 1.165) is 25.3 Å². The van der Waals surface area contributed by atoms with Gasteiger partial charge in [0.15, 0.2) is 11.7 Å². The maximum atomic E-state index is 13.2. The molecule has 2 aromatic carbocycles. The first kappa shape index (κ1) is 36.9. The lowest BCUT2D eigenvalue weighted by Crippen LogP contribution is -2.51. The van der Waals surface area contributed by atoms with Crippen LogP contribution in [0.3, 0.4) is 0 Å². The van der Waals surface area contributed by atoms with Crippen molar-refractivity contribution >= 4 is 50.9 Å². The molecule has 0 saturated carbocycles. The van der Waals surface area contributed by atoms with Crippen LogP contribution in [0.2, 0.25) is 0 Å². The average Bonchev–Trinajstić information content (AvgIpc) is 2.92.